The van der Waals surface area contributed by atoms with Gasteiger partial charge in [-0.3, -0.25) is 0 Å². The lowest BCUT2D eigenvalue weighted by molar-refractivity contribution is 0.281. The van der Waals surface area contributed by atoms with Gasteiger partial charge >= 0.3 is 0 Å². The van der Waals surface area contributed by atoms with Crippen LogP contribution in [0, 0.1) is 6.92 Å². The summed E-state index contributed by atoms with van der Waals surface area (Å²) < 4.78 is 5.79. The maximum absolute atomic E-state index is 9.42. The first-order valence-corrected chi connectivity index (χ1v) is 7.60. The van der Waals surface area contributed by atoms with Gasteiger partial charge in [-0.1, -0.05) is 48.5 Å². The second kappa shape index (κ2) is 7.07. The number of ether oxygens (including phenoxy) is 1. The van der Waals surface area contributed by atoms with E-state index >= 15 is 0 Å². The molecule has 1 aromatic heterocycles. The van der Waals surface area contributed by atoms with E-state index in [1.807, 2.05) is 67.6 Å². The van der Waals surface area contributed by atoms with E-state index in [-0.39, 0.29) is 6.61 Å². The van der Waals surface area contributed by atoms with E-state index < -0.39 is 0 Å². The zero-order valence-corrected chi connectivity index (χ0v) is 13.1. The van der Waals surface area contributed by atoms with E-state index in [0.29, 0.717) is 12.5 Å². The molecular weight excluding hydrogens is 286 g/mol. The van der Waals surface area contributed by atoms with Gasteiger partial charge in [0.2, 0.25) is 5.88 Å². The smallest absolute Gasteiger partial charge is 0.214 e. The molecule has 3 nitrogen and oxygen atoms in total. The molecule has 23 heavy (non-hydrogen) atoms. The zero-order valence-electron chi connectivity index (χ0n) is 13.1. The van der Waals surface area contributed by atoms with Crippen LogP contribution in [-0.2, 0) is 13.2 Å². The molecule has 0 aliphatic heterocycles. The topological polar surface area (TPSA) is 42.4 Å². The first kappa shape index (κ1) is 15.3. The van der Waals surface area contributed by atoms with Gasteiger partial charge in [-0.15, -0.1) is 0 Å². The number of pyridine rings is 1. The molecule has 0 aliphatic carbocycles. The molecule has 0 aliphatic rings. The highest BCUT2D eigenvalue weighted by atomic mass is 16.5. The highest BCUT2D eigenvalue weighted by Crippen LogP contribution is 2.27. The van der Waals surface area contributed by atoms with E-state index in [1.165, 1.54) is 0 Å². The molecule has 1 N–H and O–H groups in total. The fourth-order valence-corrected chi connectivity index (χ4v) is 2.55. The van der Waals surface area contributed by atoms with Crippen LogP contribution in [0.15, 0.2) is 66.9 Å². The molecule has 0 radical (unpaired) electrons. The summed E-state index contributed by atoms with van der Waals surface area (Å²) in [5.41, 5.74) is 5.25. The molecule has 3 rings (SSSR count). The predicted molar refractivity (Wildman–Crippen MR) is 91.1 cm³/mol. The average Bonchev–Trinajstić information content (AvgIpc) is 2.61. The summed E-state index contributed by atoms with van der Waals surface area (Å²) in [6.07, 6.45) is 1.75. The molecule has 0 atom stereocenters. The molecule has 0 amide bonds. The summed E-state index contributed by atoms with van der Waals surface area (Å²) in [4.78, 5) is 4.28. The van der Waals surface area contributed by atoms with Crippen LogP contribution in [0.3, 0.4) is 0 Å². The first-order valence-electron chi connectivity index (χ1n) is 7.60. The zero-order chi connectivity index (χ0) is 16.1. The van der Waals surface area contributed by atoms with Gasteiger partial charge in [0.05, 0.1) is 6.61 Å². The Morgan fingerprint density at radius 2 is 1.83 bits per heavy atom. The Hall–Kier alpha value is -2.65. The number of hydrogen-bond donors (Lipinski definition) is 1. The van der Waals surface area contributed by atoms with Crippen molar-refractivity contribution in [1.82, 2.24) is 4.98 Å². The van der Waals surface area contributed by atoms with Crippen molar-refractivity contribution in [2.75, 3.05) is 0 Å². The maximum Gasteiger partial charge on any atom is 0.214 e. The van der Waals surface area contributed by atoms with E-state index in [1.54, 1.807) is 6.20 Å². The highest BCUT2D eigenvalue weighted by molar-refractivity contribution is 5.69. The quantitative estimate of drug-likeness (QED) is 0.770. The lowest BCUT2D eigenvalue weighted by Gasteiger charge is -2.11. The average molecular weight is 305 g/mol. The Morgan fingerprint density at radius 1 is 1.00 bits per heavy atom. The van der Waals surface area contributed by atoms with Crippen molar-refractivity contribution in [3.05, 3.63) is 83.6 Å². The lowest BCUT2D eigenvalue weighted by atomic mass is 9.97. The van der Waals surface area contributed by atoms with Crippen molar-refractivity contribution in [3.8, 4) is 17.0 Å². The summed E-state index contributed by atoms with van der Waals surface area (Å²) in [5.74, 6) is 0.597. The Labute approximate surface area is 136 Å². The number of aliphatic hydroxyl groups excluding tert-OH is 1. The highest BCUT2D eigenvalue weighted by Gasteiger charge is 2.07. The van der Waals surface area contributed by atoms with Crippen molar-refractivity contribution in [3.63, 3.8) is 0 Å². The van der Waals surface area contributed by atoms with Crippen LogP contribution in [0.1, 0.15) is 16.7 Å². The third-order valence-corrected chi connectivity index (χ3v) is 3.89. The second-order valence-corrected chi connectivity index (χ2v) is 5.40. The van der Waals surface area contributed by atoms with Crippen LogP contribution in [0.25, 0.3) is 11.1 Å². The van der Waals surface area contributed by atoms with Crippen LogP contribution in [0.5, 0.6) is 5.88 Å². The SMILES string of the molecule is Cc1c(CO)cccc1-c1ccnc(OCc2ccccc2)c1. The number of hydrogen-bond acceptors (Lipinski definition) is 3. The largest absolute Gasteiger partial charge is 0.473 e. The number of aliphatic hydroxyl groups is 1. The number of benzene rings is 2. The van der Waals surface area contributed by atoms with Crippen molar-refractivity contribution in [2.45, 2.75) is 20.1 Å². The van der Waals surface area contributed by atoms with Gasteiger partial charge in [0, 0.05) is 12.3 Å². The summed E-state index contributed by atoms with van der Waals surface area (Å²) in [7, 11) is 0. The Kier molecular flexibility index (Phi) is 4.69. The fraction of sp³-hybridized carbons (Fsp3) is 0.150. The van der Waals surface area contributed by atoms with Crippen molar-refractivity contribution < 1.29 is 9.84 Å². The van der Waals surface area contributed by atoms with Crippen LogP contribution in [0.4, 0.5) is 0 Å². The van der Waals surface area contributed by atoms with Gasteiger partial charge < -0.3 is 9.84 Å². The van der Waals surface area contributed by atoms with Crippen LogP contribution in [0.2, 0.25) is 0 Å². The third kappa shape index (κ3) is 3.58. The molecule has 0 fully saturated rings. The summed E-state index contributed by atoms with van der Waals surface area (Å²) in [6.45, 7) is 2.56. The predicted octanol–water partition coefficient (Wildman–Crippen LogP) is 4.13. The molecule has 3 aromatic rings. The Bertz CT molecular complexity index is 785. The minimum Gasteiger partial charge on any atom is -0.473 e. The van der Waals surface area contributed by atoms with E-state index in [0.717, 1.165) is 27.8 Å². The van der Waals surface area contributed by atoms with Gasteiger partial charge in [0.1, 0.15) is 6.61 Å². The molecule has 0 unspecified atom stereocenters. The Balaban J connectivity index is 1.83. The van der Waals surface area contributed by atoms with Gasteiger partial charge in [0.15, 0.2) is 0 Å². The molecule has 0 bridgehead atoms. The Morgan fingerprint density at radius 3 is 2.61 bits per heavy atom. The van der Waals surface area contributed by atoms with Crippen LogP contribution >= 0.6 is 0 Å². The van der Waals surface area contributed by atoms with Gasteiger partial charge in [-0.25, -0.2) is 4.98 Å². The van der Waals surface area contributed by atoms with Crippen LogP contribution in [-0.4, -0.2) is 10.1 Å². The molecule has 1 heterocycles. The molecule has 0 saturated carbocycles. The molecule has 2 aromatic carbocycles. The van der Waals surface area contributed by atoms with Crippen molar-refractivity contribution >= 4 is 0 Å². The van der Waals surface area contributed by atoms with Gasteiger partial charge in [-0.2, -0.15) is 0 Å². The third-order valence-electron chi connectivity index (χ3n) is 3.89. The molecule has 3 heteroatoms. The summed E-state index contributed by atoms with van der Waals surface area (Å²) in [5, 5.41) is 9.42. The first-order chi connectivity index (χ1) is 11.3. The van der Waals surface area contributed by atoms with E-state index in [2.05, 4.69) is 4.98 Å². The molecule has 116 valence electrons. The van der Waals surface area contributed by atoms with E-state index in [9.17, 15) is 5.11 Å². The maximum atomic E-state index is 9.42. The summed E-state index contributed by atoms with van der Waals surface area (Å²) >= 11 is 0. The minimum atomic E-state index is 0.0438. The fourth-order valence-electron chi connectivity index (χ4n) is 2.55. The van der Waals surface area contributed by atoms with Crippen molar-refractivity contribution in [1.29, 1.82) is 0 Å². The number of nitrogens with zero attached hydrogens (tertiary/aromatic N) is 1. The second-order valence-electron chi connectivity index (χ2n) is 5.40. The minimum absolute atomic E-state index is 0.0438. The number of rotatable bonds is 5. The monoisotopic (exact) mass is 305 g/mol. The molecular formula is C20H19NO2. The van der Waals surface area contributed by atoms with Gasteiger partial charge in [-0.05, 0) is 40.8 Å². The normalized spacial score (nSPS) is 10.5. The van der Waals surface area contributed by atoms with Gasteiger partial charge in [0.25, 0.3) is 0 Å². The van der Waals surface area contributed by atoms with Crippen molar-refractivity contribution in [2.24, 2.45) is 0 Å². The standard InChI is InChI=1S/C20H19NO2/c1-15-18(13-22)8-5-9-19(15)17-10-11-21-20(12-17)23-14-16-6-3-2-4-7-16/h2-12,22H,13-14H2,1H3. The lowest BCUT2D eigenvalue weighted by Crippen LogP contribution is -1.97. The van der Waals surface area contributed by atoms with E-state index in [4.69, 9.17) is 4.74 Å². The van der Waals surface area contributed by atoms with Crippen LogP contribution < -0.4 is 4.74 Å². The molecule has 0 saturated heterocycles. The molecule has 0 spiro atoms. The number of aromatic nitrogens is 1. The summed E-state index contributed by atoms with van der Waals surface area (Å²) in [6, 6.07) is 19.9.